The van der Waals surface area contributed by atoms with Gasteiger partial charge in [0.15, 0.2) is 5.96 Å². The van der Waals surface area contributed by atoms with Gasteiger partial charge in [-0.2, -0.15) is 8.78 Å². The fourth-order valence-corrected chi connectivity index (χ4v) is 1.78. The van der Waals surface area contributed by atoms with Crippen LogP contribution in [0.4, 0.5) is 8.78 Å². The third-order valence-electron chi connectivity index (χ3n) is 3.18. The number of benzene rings is 1. The number of hydrogen-bond acceptors (Lipinski definition) is 3. The Morgan fingerprint density at radius 1 is 1.32 bits per heavy atom. The van der Waals surface area contributed by atoms with Crippen LogP contribution in [0.5, 0.6) is 5.75 Å². The molecular formula is C15H24F2N4O. The molecule has 0 aliphatic rings. The quantitative estimate of drug-likeness (QED) is 0.568. The Morgan fingerprint density at radius 3 is 2.68 bits per heavy atom. The van der Waals surface area contributed by atoms with Crippen LogP contribution < -0.4 is 15.4 Å². The van der Waals surface area contributed by atoms with Crippen LogP contribution in [0, 0.1) is 0 Å². The molecule has 0 radical (unpaired) electrons. The second-order valence-electron chi connectivity index (χ2n) is 4.73. The SMILES string of the molecule is CCN(C)CCNC(=NC)NCc1ccccc1OC(F)F. The van der Waals surface area contributed by atoms with E-state index in [4.69, 9.17) is 0 Å². The van der Waals surface area contributed by atoms with Gasteiger partial charge in [-0.25, -0.2) is 0 Å². The standard InChI is InChI=1S/C15H24F2N4O/c1-4-21(3)10-9-19-15(18-2)20-11-12-7-5-6-8-13(12)22-14(16)17/h5-8,14H,4,9-11H2,1-3H3,(H2,18,19,20). The Morgan fingerprint density at radius 2 is 2.05 bits per heavy atom. The third-order valence-corrected chi connectivity index (χ3v) is 3.18. The van der Waals surface area contributed by atoms with Crippen LogP contribution in [0.3, 0.4) is 0 Å². The smallest absolute Gasteiger partial charge is 0.387 e. The van der Waals surface area contributed by atoms with Gasteiger partial charge in [-0.05, 0) is 19.7 Å². The lowest BCUT2D eigenvalue weighted by atomic mass is 10.2. The first-order valence-electron chi connectivity index (χ1n) is 7.22. The molecule has 0 fully saturated rings. The first-order chi connectivity index (χ1) is 10.6. The van der Waals surface area contributed by atoms with Crippen LogP contribution >= 0.6 is 0 Å². The maximum atomic E-state index is 12.4. The maximum Gasteiger partial charge on any atom is 0.387 e. The van der Waals surface area contributed by atoms with E-state index < -0.39 is 6.61 Å². The van der Waals surface area contributed by atoms with E-state index in [-0.39, 0.29) is 5.75 Å². The minimum Gasteiger partial charge on any atom is -0.434 e. The van der Waals surface area contributed by atoms with Crippen LogP contribution in [0.25, 0.3) is 0 Å². The second-order valence-corrected chi connectivity index (χ2v) is 4.73. The van der Waals surface area contributed by atoms with E-state index in [1.165, 1.54) is 6.07 Å². The topological polar surface area (TPSA) is 48.9 Å². The molecule has 0 heterocycles. The molecular weight excluding hydrogens is 290 g/mol. The molecule has 1 rings (SSSR count). The molecule has 0 unspecified atom stereocenters. The van der Waals surface area contributed by atoms with E-state index in [9.17, 15) is 8.78 Å². The summed E-state index contributed by atoms with van der Waals surface area (Å²) in [6, 6.07) is 6.70. The van der Waals surface area contributed by atoms with Crippen LogP contribution in [-0.2, 0) is 6.54 Å². The average Bonchev–Trinajstić information content (AvgIpc) is 2.51. The number of para-hydroxylation sites is 1. The number of ether oxygens (including phenoxy) is 1. The van der Waals surface area contributed by atoms with Gasteiger partial charge in [-0.15, -0.1) is 0 Å². The van der Waals surface area contributed by atoms with E-state index in [1.54, 1.807) is 25.2 Å². The van der Waals surface area contributed by atoms with Crippen LogP contribution in [0.1, 0.15) is 12.5 Å². The molecule has 124 valence electrons. The molecule has 2 N–H and O–H groups in total. The molecule has 0 aromatic heterocycles. The summed E-state index contributed by atoms with van der Waals surface area (Å²) in [6.07, 6.45) is 0. The molecule has 1 aromatic rings. The average molecular weight is 314 g/mol. The zero-order chi connectivity index (χ0) is 16.4. The molecule has 0 aliphatic carbocycles. The largest absolute Gasteiger partial charge is 0.434 e. The summed E-state index contributed by atoms with van der Waals surface area (Å²) >= 11 is 0. The molecule has 0 aliphatic heterocycles. The van der Waals surface area contributed by atoms with Gasteiger partial charge in [0.25, 0.3) is 0 Å². The highest BCUT2D eigenvalue weighted by Gasteiger charge is 2.09. The lowest BCUT2D eigenvalue weighted by molar-refractivity contribution is -0.0504. The summed E-state index contributed by atoms with van der Waals surface area (Å²) in [5.41, 5.74) is 0.649. The highest BCUT2D eigenvalue weighted by Crippen LogP contribution is 2.19. The second kappa shape index (κ2) is 9.94. The summed E-state index contributed by atoms with van der Waals surface area (Å²) in [4.78, 5) is 6.28. The van der Waals surface area contributed by atoms with Crippen LogP contribution in [-0.4, -0.2) is 51.2 Å². The van der Waals surface area contributed by atoms with Gasteiger partial charge < -0.3 is 20.3 Å². The zero-order valence-electron chi connectivity index (χ0n) is 13.3. The number of likely N-dealkylation sites (N-methyl/N-ethyl adjacent to an activating group) is 1. The summed E-state index contributed by atoms with van der Waals surface area (Å²) in [5, 5.41) is 6.26. The minimum absolute atomic E-state index is 0.172. The van der Waals surface area contributed by atoms with Gasteiger partial charge in [-0.1, -0.05) is 25.1 Å². The van der Waals surface area contributed by atoms with E-state index in [0.717, 1.165) is 19.6 Å². The number of halogens is 2. The maximum absolute atomic E-state index is 12.4. The molecule has 1 aromatic carbocycles. The number of hydrogen-bond donors (Lipinski definition) is 2. The number of nitrogens with zero attached hydrogens (tertiary/aromatic N) is 2. The van der Waals surface area contributed by atoms with Crippen molar-refractivity contribution >= 4 is 5.96 Å². The van der Waals surface area contributed by atoms with Gasteiger partial charge in [0.05, 0.1) is 0 Å². The molecule has 0 atom stereocenters. The highest BCUT2D eigenvalue weighted by atomic mass is 19.3. The van der Waals surface area contributed by atoms with E-state index in [1.807, 2.05) is 7.05 Å². The number of rotatable bonds is 8. The molecule has 0 bridgehead atoms. The molecule has 0 saturated heterocycles. The molecule has 22 heavy (non-hydrogen) atoms. The van der Waals surface area contributed by atoms with Crippen molar-refractivity contribution in [3.05, 3.63) is 29.8 Å². The van der Waals surface area contributed by atoms with Crippen molar-refractivity contribution < 1.29 is 13.5 Å². The van der Waals surface area contributed by atoms with Crippen molar-refractivity contribution in [2.75, 3.05) is 33.7 Å². The van der Waals surface area contributed by atoms with Crippen molar-refractivity contribution in [1.82, 2.24) is 15.5 Å². The molecule has 5 nitrogen and oxygen atoms in total. The number of nitrogens with one attached hydrogen (secondary N) is 2. The first kappa shape index (κ1) is 18.2. The van der Waals surface area contributed by atoms with Gasteiger partial charge in [-0.3, -0.25) is 4.99 Å². The fourth-order valence-electron chi connectivity index (χ4n) is 1.78. The number of aliphatic imine (C=N–C) groups is 1. The Bertz CT molecular complexity index is 469. The molecule has 7 heteroatoms. The Kier molecular flexibility index (Phi) is 8.21. The van der Waals surface area contributed by atoms with Crippen LogP contribution in [0.15, 0.2) is 29.3 Å². The Hall–Kier alpha value is -1.89. The predicted octanol–water partition coefficient (Wildman–Crippen LogP) is 1.90. The number of guanidine groups is 1. The van der Waals surface area contributed by atoms with Crippen molar-refractivity contribution in [1.29, 1.82) is 0 Å². The van der Waals surface area contributed by atoms with E-state index in [0.29, 0.717) is 18.1 Å². The molecule has 0 spiro atoms. The summed E-state index contributed by atoms with van der Waals surface area (Å²) < 4.78 is 29.2. The summed E-state index contributed by atoms with van der Waals surface area (Å²) in [7, 11) is 3.70. The van der Waals surface area contributed by atoms with Crippen molar-refractivity contribution in [2.24, 2.45) is 4.99 Å². The van der Waals surface area contributed by atoms with Crippen LogP contribution in [0.2, 0.25) is 0 Å². The monoisotopic (exact) mass is 314 g/mol. The third kappa shape index (κ3) is 6.71. The first-order valence-corrected chi connectivity index (χ1v) is 7.22. The normalized spacial score (nSPS) is 11.9. The van der Waals surface area contributed by atoms with Gasteiger partial charge in [0, 0.05) is 32.2 Å². The Balaban J connectivity index is 2.50. The highest BCUT2D eigenvalue weighted by molar-refractivity contribution is 5.79. The lowest BCUT2D eigenvalue weighted by Crippen LogP contribution is -2.40. The van der Waals surface area contributed by atoms with Crippen molar-refractivity contribution in [3.63, 3.8) is 0 Å². The summed E-state index contributed by atoms with van der Waals surface area (Å²) in [6.45, 7) is 2.23. The summed E-state index contributed by atoms with van der Waals surface area (Å²) in [5.74, 6) is 0.794. The van der Waals surface area contributed by atoms with Gasteiger partial charge >= 0.3 is 6.61 Å². The van der Waals surface area contributed by atoms with Gasteiger partial charge in [0.2, 0.25) is 0 Å². The van der Waals surface area contributed by atoms with E-state index in [2.05, 4.69) is 32.2 Å². The molecule has 0 saturated carbocycles. The van der Waals surface area contributed by atoms with Crippen molar-refractivity contribution in [3.8, 4) is 5.75 Å². The lowest BCUT2D eigenvalue weighted by Gasteiger charge is -2.17. The molecule has 0 amide bonds. The minimum atomic E-state index is -2.83. The zero-order valence-corrected chi connectivity index (χ0v) is 13.3. The van der Waals surface area contributed by atoms with Crippen molar-refractivity contribution in [2.45, 2.75) is 20.1 Å². The van der Waals surface area contributed by atoms with Gasteiger partial charge in [0.1, 0.15) is 5.75 Å². The number of alkyl halides is 2. The predicted molar refractivity (Wildman–Crippen MR) is 84.4 cm³/mol. The Labute approximate surface area is 130 Å². The fraction of sp³-hybridized carbons (Fsp3) is 0.533. The van der Waals surface area contributed by atoms with E-state index >= 15 is 0 Å².